The number of benzene rings is 2. The molecule has 1 aliphatic heterocycles. The van der Waals surface area contributed by atoms with E-state index >= 15 is 0 Å². The molecule has 2 aromatic carbocycles. The number of rotatable bonds is 4. The van der Waals surface area contributed by atoms with Crippen molar-refractivity contribution in [2.75, 3.05) is 6.61 Å². The number of carbonyl (C=O) groups excluding carboxylic acids is 3. The van der Waals surface area contributed by atoms with E-state index in [1.54, 1.807) is 16.7 Å². The van der Waals surface area contributed by atoms with Gasteiger partial charge in [-0.05, 0) is 48.6 Å². The Bertz CT molecular complexity index is 1610. The number of fused-ring (bicyclic) bond motifs is 4. The summed E-state index contributed by atoms with van der Waals surface area (Å²) in [6.45, 7) is 7.70. The van der Waals surface area contributed by atoms with Crippen molar-refractivity contribution in [1.82, 2.24) is 4.98 Å². The fraction of sp³-hybridized carbons (Fsp3) is 0.357. The third-order valence-electron chi connectivity index (χ3n) is 6.94. The molecule has 2 N–H and O–H groups in total. The maximum Gasteiger partial charge on any atom is 0.304 e. The van der Waals surface area contributed by atoms with Crippen molar-refractivity contribution in [1.29, 1.82) is 0 Å². The Hall–Kier alpha value is -3.70. The van der Waals surface area contributed by atoms with Gasteiger partial charge in [0, 0.05) is 48.5 Å². The molecule has 3 heterocycles. The molecule has 0 unspecified atom stereocenters. The SMILES string of the molecule is CC(=O)O[C@@H]1[C@@H](OC(C)=O)[C@H]([n+]2ccc3c(C)c4[nH]c5ccc(O)cc5c4c(C)c3c2)OC[C@@H]1OC(C)=O.[Br-]. The van der Waals surface area contributed by atoms with Crippen molar-refractivity contribution in [2.24, 2.45) is 0 Å². The number of aromatic hydroxyl groups is 1. The summed E-state index contributed by atoms with van der Waals surface area (Å²) in [6, 6.07) is 7.19. The van der Waals surface area contributed by atoms with E-state index in [-0.39, 0.29) is 29.3 Å². The number of hydrogen-bond acceptors (Lipinski definition) is 8. The molecule has 1 aliphatic rings. The Morgan fingerprint density at radius 2 is 1.59 bits per heavy atom. The molecule has 11 heteroatoms. The van der Waals surface area contributed by atoms with Crippen LogP contribution in [0.15, 0.2) is 36.7 Å². The quantitative estimate of drug-likeness (QED) is 0.196. The van der Waals surface area contributed by atoms with Gasteiger partial charge in [-0.15, -0.1) is 0 Å². The number of aryl methyl sites for hydroxylation is 2. The summed E-state index contributed by atoms with van der Waals surface area (Å²) in [4.78, 5) is 39.2. The normalized spacial score (nSPS) is 20.9. The highest BCUT2D eigenvalue weighted by molar-refractivity contribution is 6.16. The van der Waals surface area contributed by atoms with Gasteiger partial charge in [0.15, 0.2) is 24.6 Å². The summed E-state index contributed by atoms with van der Waals surface area (Å²) in [5.74, 6) is -1.60. The third-order valence-corrected chi connectivity index (χ3v) is 6.94. The molecule has 10 nitrogen and oxygen atoms in total. The first kappa shape index (κ1) is 28.3. The van der Waals surface area contributed by atoms with Gasteiger partial charge in [0.1, 0.15) is 5.75 Å². The molecule has 5 rings (SSSR count). The van der Waals surface area contributed by atoms with Crippen LogP contribution in [0.1, 0.15) is 38.1 Å². The van der Waals surface area contributed by atoms with Crippen molar-refractivity contribution in [3.8, 4) is 5.75 Å². The van der Waals surface area contributed by atoms with Crippen molar-refractivity contribution < 1.29 is 60.0 Å². The molecule has 39 heavy (non-hydrogen) atoms. The fourth-order valence-electron chi connectivity index (χ4n) is 5.39. The number of pyridine rings is 1. The first-order valence-corrected chi connectivity index (χ1v) is 12.3. The van der Waals surface area contributed by atoms with Crippen molar-refractivity contribution in [3.05, 3.63) is 47.8 Å². The minimum absolute atomic E-state index is 0. The van der Waals surface area contributed by atoms with Crippen LogP contribution >= 0.6 is 0 Å². The molecule has 0 aliphatic carbocycles. The molecular formula is C28H29BrN2O8. The Morgan fingerprint density at radius 3 is 2.26 bits per heavy atom. The van der Waals surface area contributed by atoms with Gasteiger partial charge in [-0.2, -0.15) is 4.57 Å². The zero-order chi connectivity index (χ0) is 27.3. The van der Waals surface area contributed by atoms with E-state index in [0.29, 0.717) is 0 Å². The monoisotopic (exact) mass is 600 g/mol. The van der Waals surface area contributed by atoms with E-state index in [2.05, 4.69) is 4.98 Å². The van der Waals surface area contributed by atoms with Crippen molar-refractivity contribution in [2.45, 2.75) is 59.2 Å². The van der Waals surface area contributed by atoms with E-state index in [0.717, 1.165) is 43.7 Å². The lowest BCUT2D eigenvalue weighted by atomic mass is 9.96. The zero-order valence-corrected chi connectivity index (χ0v) is 23.7. The molecule has 206 valence electrons. The second-order valence-electron chi connectivity index (χ2n) is 9.59. The van der Waals surface area contributed by atoms with Gasteiger partial charge >= 0.3 is 24.1 Å². The molecule has 1 fully saturated rings. The fourth-order valence-corrected chi connectivity index (χ4v) is 5.39. The average Bonchev–Trinajstić information content (AvgIpc) is 3.22. The number of nitrogens with zero attached hydrogens (tertiary/aromatic N) is 1. The van der Waals surface area contributed by atoms with E-state index in [4.69, 9.17) is 18.9 Å². The molecule has 0 radical (unpaired) electrons. The van der Waals surface area contributed by atoms with E-state index in [9.17, 15) is 19.5 Å². The lowest BCUT2D eigenvalue weighted by molar-refractivity contribution is -0.773. The summed E-state index contributed by atoms with van der Waals surface area (Å²) >= 11 is 0. The van der Waals surface area contributed by atoms with Crippen LogP contribution in [0.25, 0.3) is 32.6 Å². The predicted molar refractivity (Wildman–Crippen MR) is 136 cm³/mol. The van der Waals surface area contributed by atoms with Crippen LogP contribution in [0.5, 0.6) is 5.75 Å². The lowest BCUT2D eigenvalue weighted by Gasteiger charge is -2.37. The first-order chi connectivity index (χ1) is 18.0. The summed E-state index contributed by atoms with van der Waals surface area (Å²) < 4.78 is 24.2. The largest absolute Gasteiger partial charge is 1.00 e. The minimum Gasteiger partial charge on any atom is -1.00 e. The number of nitrogens with one attached hydrogen (secondary N) is 1. The van der Waals surface area contributed by atoms with Crippen LogP contribution in [-0.2, 0) is 33.3 Å². The van der Waals surface area contributed by atoms with Gasteiger partial charge in [-0.25, -0.2) is 0 Å². The molecular weight excluding hydrogens is 572 g/mol. The summed E-state index contributed by atoms with van der Waals surface area (Å²) in [7, 11) is 0. The number of aromatic nitrogens is 2. The first-order valence-electron chi connectivity index (χ1n) is 12.3. The molecule has 4 atom stereocenters. The Morgan fingerprint density at radius 1 is 0.923 bits per heavy atom. The zero-order valence-electron chi connectivity index (χ0n) is 22.1. The molecule has 1 saturated heterocycles. The van der Waals surface area contributed by atoms with Gasteiger partial charge in [-0.1, -0.05) is 0 Å². The van der Waals surface area contributed by atoms with Crippen LogP contribution in [0.4, 0.5) is 0 Å². The van der Waals surface area contributed by atoms with E-state index in [1.807, 2.05) is 38.4 Å². The number of H-pyrrole nitrogens is 1. The van der Waals surface area contributed by atoms with Crippen LogP contribution in [0.3, 0.4) is 0 Å². The molecule has 0 spiro atoms. The number of aromatic amines is 1. The number of halogens is 1. The van der Waals surface area contributed by atoms with Crippen LogP contribution < -0.4 is 21.5 Å². The summed E-state index contributed by atoms with van der Waals surface area (Å²) in [6.07, 6.45) is -0.233. The highest BCUT2D eigenvalue weighted by Gasteiger charge is 2.51. The van der Waals surface area contributed by atoms with Gasteiger partial charge in [0.25, 0.3) is 0 Å². The predicted octanol–water partition coefficient (Wildman–Crippen LogP) is 0.412. The maximum atomic E-state index is 12.1. The van der Waals surface area contributed by atoms with E-state index < -0.39 is 42.4 Å². The number of hydrogen-bond donors (Lipinski definition) is 2. The van der Waals surface area contributed by atoms with Crippen LogP contribution in [0.2, 0.25) is 0 Å². The lowest BCUT2D eigenvalue weighted by Crippen LogP contribution is -3.00. The minimum atomic E-state index is -1.08. The topological polar surface area (TPSA) is 128 Å². The summed E-state index contributed by atoms with van der Waals surface area (Å²) in [5, 5.41) is 14.0. The number of esters is 3. The summed E-state index contributed by atoms with van der Waals surface area (Å²) in [5.41, 5.74) is 3.93. The average molecular weight is 601 g/mol. The van der Waals surface area contributed by atoms with Gasteiger partial charge in [0.2, 0.25) is 6.10 Å². The standard InChI is InChI=1S/C28H28N2O8.BrH/c1-13-21-11-30(9-8-19(21)14(2)25-24(13)20-10-18(34)6-7-22(20)29-25)28-27(38-17(5)33)26(37-16(4)32)23(12-35-28)36-15(3)31;/h6-11,23,26-28,34H,12H2,1-5H3;1H/t23-,26-,27+,28+;/m0./s1. The number of phenols is 1. The van der Waals surface area contributed by atoms with E-state index in [1.165, 1.54) is 20.8 Å². The van der Waals surface area contributed by atoms with Gasteiger partial charge in [-0.3, -0.25) is 14.4 Å². The number of phenolic OH excluding ortho intramolecular Hbond substituents is 1. The molecule has 2 aromatic heterocycles. The van der Waals surface area contributed by atoms with Crippen molar-refractivity contribution >= 4 is 50.5 Å². The molecule has 4 aromatic rings. The molecule has 0 amide bonds. The van der Waals surface area contributed by atoms with Crippen LogP contribution in [-0.4, -0.2) is 52.9 Å². The highest BCUT2D eigenvalue weighted by Crippen LogP contribution is 2.37. The van der Waals surface area contributed by atoms with Gasteiger partial charge in [0.05, 0.1) is 12.1 Å². The Kier molecular flexibility index (Phi) is 7.85. The third kappa shape index (κ3) is 5.16. The highest BCUT2D eigenvalue weighted by atomic mass is 79.9. The molecule has 0 saturated carbocycles. The van der Waals surface area contributed by atoms with Crippen molar-refractivity contribution in [3.63, 3.8) is 0 Å². The Balaban J connectivity index is 0.00000353. The number of carbonyl (C=O) groups is 3. The second kappa shape index (κ2) is 10.8. The molecule has 0 bridgehead atoms. The smallest absolute Gasteiger partial charge is 0.304 e. The maximum absolute atomic E-state index is 12.1. The van der Waals surface area contributed by atoms with Gasteiger partial charge < -0.3 is 46.0 Å². The van der Waals surface area contributed by atoms with Crippen LogP contribution in [0, 0.1) is 13.8 Å². The second-order valence-corrected chi connectivity index (χ2v) is 9.59. The Labute approximate surface area is 234 Å². The number of ether oxygens (including phenoxy) is 4.